The average molecular weight is 765 g/mol. The molecule has 13 nitrogen and oxygen atoms in total. The lowest BCUT2D eigenvalue weighted by Crippen LogP contribution is -2.48. The molecular formula is C37H36ClF3N8O5. The van der Waals surface area contributed by atoms with E-state index in [4.69, 9.17) is 26.8 Å². The van der Waals surface area contributed by atoms with Gasteiger partial charge in [0.1, 0.15) is 30.3 Å². The summed E-state index contributed by atoms with van der Waals surface area (Å²) in [7, 11) is 1.40. The summed E-state index contributed by atoms with van der Waals surface area (Å²) in [6.45, 7) is 7.10. The predicted octanol–water partition coefficient (Wildman–Crippen LogP) is 6.17. The summed E-state index contributed by atoms with van der Waals surface area (Å²) < 4.78 is 54.1. The van der Waals surface area contributed by atoms with Crippen LogP contribution in [0.3, 0.4) is 0 Å². The van der Waals surface area contributed by atoms with E-state index in [2.05, 4.69) is 32.2 Å². The smallest absolute Gasteiger partial charge is 0.434 e. The third-order valence-electron chi connectivity index (χ3n) is 8.31. The van der Waals surface area contributed by atoms with Crippen LogP contribution in [-0.2, 0) is 21.0 Å². The van der Waals surface area contributed by atoms with Crippen LogP contribution >= 0.6 is 11.6 Å². The van der Waals surface area contributed by atoms with Crippen molar-refractivity contribution in [3.05, 3.63) is 95.9 Å². The number of piperazine rings is 1. The molecule has 17 heteroatoms. The van der Waals surface area contributed by atoms with E-state index in [1.807, 2.05) is 4.90 Å². The quantitative estimate of drug-likeness (QED) is 0.113. The van der Waals surface area contributed by atoms with Crippen LogP contribution in [0, 0.1) is 0 Å². The van der Waals surface area contributed by atoms with E-state index >= 15 is 0 Å². The maximum Gasteiger partial charge on any atom is 0.434 e. The molecule has 0 aliphatic carbocycles. The number of halogens is 4. The second-order valence-corrected chi connectivity index (χ2v) is 12.2. The molecule has 0 bridgehead atoms. The molecule has 1 saturated heterocycles. The topological polar surface area (TPSA) is 164 Å². The summed E-state index contributed by atoms with van der Waals surface area (Å²) in [6, 6.07) is 13.1. The molecule has 3 aromatic carbocycles. The summed E-state index contributed by atoms with van der Waals surface area (Å²) in [5.41, 5.74) is 4.23. The highest BCUT2D eigenvalue weighted by molar-refractivity contribution is 6.32. The van der Waals surface area contributed by atoms with Gasteiger partial charge < -0.3 is 35.6 Å². The minimum Gasteiger partial charge on any atom is -0.497 e. The zero-order chi connectivity index (χ0) is 39.0. The summed E-state index contributed by atoms with van der Waals surface area (Å²) in [5, 5.41) is 6.07. The normalized spacial score (nSPS) is 13.7. The molecule has 2 heterocycles. The van der Waals surface area contributed by atoms with Crippen LogP contribution in [0.2, 0.25) is 5.02 Å². The molecule has 1 aromatic heterocycles. The number of hydrogen-bond acceptors (Lipinski definition) is 10. The molecule has 54 heavy (non-hydrogen) atoms. The van der Waals surface area contributed by atoms with Crippen molar-refractivity contribution in [2.24, 2.45) is 10.7 Å². The fourth-order valence-electron chi connectivity index (χ4n) is 5.49. The first-order chi connectivity index (χ1) is 25.8. The summed E-state index contributed by atoms with van der Waals surface area (Å²) in [5.74, 6) is -0.638. The van der Waals surface area contributed by atoms with Crippen molar-refractivity contribution in [2.75, 3.05) is 48.8 Å². The molecular weight excluding hydrogens is 729 g/mol. The third kappa shape index (κ3) is 9.25. The number of nitrogens with one attached hydrogen (secondary N) is 2. The molecule has 4 N–H and O–H groups in total. The van der Waals surface area contributed by atoms with Gasteiger partial charge >= 0.3 is 6.18 Å². The zero-order valence-corrected chi connectivity index (χ0v) is 30.0. The van der Waals surface area contributed by atoms with Crippen LogP contribution in [0.25, 0.3) is 10.9 Å². The molecule has 0 unspecified atom stereocenters. The minimum atomic E-state index is -5.08. The lowest BCUT2D eigenvalue weighted by atomic mass is 10.1. The molecule has 3 amide bonds. The molecule has 1 fully saturated rings. The summed E-state index contributed by atoms with van der Waals surface area (Å²) >= 11 is 6.72. The number of carbonyl (C=O) groups excluding carboxylic acids is 3. The van der Waals surface area contributed by atoms with Crippen molar-refractivity contribution in [1.29, 1.82) is 0 Å². The van der Waals surface area contributed by atoms with E-state index in [-0.39, 0.29) is 47.7 Å². The Bertz CT molecular complexity index is 2120. The largest absolute Gasteiger partial charge is 0.497 e. The van der Waals surface area contributed by atoms with Crippen LogP contribution in [0.4, 0.5) is 36.1 Å². The van der Waals surface area contributed by atoms with Gasteiger partial charge in [0.05, 0.1) is 29.6 Å². The molecule has 5 rings (SSSR count). The first kappa shape index (κ1) is 39.1. The number of hydrogen-bond donors (Lipinski definition) is 3. The van der Waals surface area contributed by atoms with Gasteiger partial charge in [0, 0.05) is 60.5 Å². The van der Waals surface area contributed by atoms with Crippen LogP contribution in [0.15, 0.2) is 90.3 Å². The van der Waals surface area contributed by atoms with Crippen LogP contribution in [0.1, 0.15) is 18.9 Å². The van der Waals surface area contributed by atoms with Gasteiger partial charge in [-0.1, -0.05) is 25.1 Å². The SMILES string of the molecule is C=CC(=O)N1CCN(c2ncnc3cc(COc4ccc(NC(=O)CC)cc4NC(=O)C(=CN)C(=Nc4ccc(OC)cc4)C(F)(F)F)c(Cl)cc23)CC1. The Morgan fingerprint density at radius 1 is 1.04 bits per heavy atom. The van der Waals surface area contributed by atoms with E-state index in [9.17, 15) is 27.6 Å². The Labute approximate surface area is 313 Å². The number of nitrogens with zero attached hydrogens (tertiary/aromatic N) is 5. The maximum absolute atomic E-state index is 14.3. The summed E-state index contributed by atoms with van der Waals surface area (Å²) in [4.78, 5) is 54.0. The average Bonchev–Trinajstić information content (AvgIpc) is 3.17. The number of fused-ring (bicyclic) bond motifs is 1. The second kappa shape index (κ2) is 17.1. The number of anilines is 3. The van der Waals surface area contributed by atoms with Gasteiger partial charge in [-0.15, -0.1) is 0 Å². The Morgan fingerprint density at radius 2 is 1.76 bits per heavy atom. The highest BCUT2D eigenvalue weighted by atomic mass is 35.5. The van der Waals surface area contributed by atoms with Crippen molar-refractivity contribution in [3.63, 3.8) is 0 Å². The number of aliphatic imine (C=N–C) groups is 1. The lowest BCUT2D eigenvalue weighted by Gasteiger charge is -2.35. The molecule has 0 radical (unpaired) electrons. The number of carbonyl (C=O) groups is 3. The number of rotatable bonds is 12. The van der Waals surface area contributed by atoms with Crippen LogP contribution in [0.5, 0.6) is 11.5 Å². The molecule has 282 valence electrons. The van der Waals surface area contributed by atoms with Crippen molar-refractivity contribution >= 4 is 68.8 Å². The monoisotopic (exact) mass is 764 g/mol. The Balaban J connectivity index is 1.41. The molecule has 1 aliphatic rings. The number of methoxy groups -OCH3 is 1. The van der Waals surface area contributed by atoms with E-state index in [1.165, 1.54) is 62.0 Å². The lowest BCUT2D eigenvalue weighted by molar-refractivity contribution is -0.126. The zero-order valence-electron chi connectivity index (χ0n) is 29.2. The van der Waals surface area contributed by atoms with E-state index in [0.29, 0.717) is 65.4 Å². The number of benzene rings is 3. The Hall–Kier alpha value is -6.16. The number of ether oxygens (including phenoxy) is 2. The van der Waals surface area contributed by atoms with Crippen molar-refractivity contribution in [3.8, 4) is 11.5 Å². The van der Waals surface area contributed by atoms with E-state index in [1.54, 1.807) is 24.0 Å². The van der Waals surface area contributed by atoms with Crippen molar-refractivity contribution < 1.29 is 37.0 Å². The molecule has 0 spiro atoms. The van der Waals surface area contributed by atoms with Gasteiger partial charge in [-0.25, -0.2) is 15.0 Å². The van der Waals surface area contributed by atoms with Crippen LogP contribution in [-0.4, -0.2) is 77.8 Å². The molecule has 1 aliphatic heterocycles. The van der Waals surface area contributed by atoms with E-state index in [0.717, 1.165) is 0 Å². The fraction of sp³-hybridized carbons (Fsp3) is 0.243. The number of aromatic nitrogens is 2. The minimum absolute atomic E-state index is 0.0429. The molecule has 0 saturated carbocycles. The number of amides is 3. The highest BCUT2D eigenvalue weighted by Crippen LogP contribution is 2.34. The second-order valence-electron chi connectivity index (χ2n) is 11.8. The predicted molar refractivity (Wildman–Crippen MR) is 200 cm³/mol. The van der Waals surface area contributed by atoms with Gasteiger partial charge in [0.25, 0.3) is 5.91 Å². The third-order valence-corrected chi connectivity index (χ3v) is 8.66. The van der Waals surface area contributed by atoms with Gasteiger partial charge in [-0.3, -0.25) is 14.4 Å². The fourth-order valence-corrected chi connectivity index (χ4v) is 5.71. The Kier molecular flexibility index (Phi) is 12.4. The highest BCUT2D eigenvalue weighted by Gasteiger charge is 2.41. The number of nitrogens with two attached hydrogens (primary N) is 1. The van der Waals surface area contributed by atoms with Crippen LogP contribution < -0.4 is 30.7 Å². The number of alkyl halides is 3. The summed E-state index contributed by atoms with van der Waals surface area (Å²) in [6.07, 6.45) is -1.71. The first-order valence-electron chi connectivity index (χ1n) is 16.5. The maximum atomic E-state index is 14.3. The first-order valence-corrected chi connectivity index (χ1v) is 16.9. The molecule has 0 atom stereocenters. The van der Waals surface area contributed by atoms with Gasteiger partial charge in [0.2, 0.25) is 11.8 Å². The van der Waals surface area contributed by atoms with Crippen molar-refractivity contribution in [2.45, 2.75) is 26.1 Å². The standard InChI is InChI=1S/C37H36ClF3N8O5/c1-4-32(50)45-24-8-11-31(30(17-24)47-36(52)27(19-42)34(37(39,40)41)46-23-6-9-25(53-3)10-7-23)54-20-22-16-29-26(18-28(22)38)35(44-21-43-29)49-14-12-48(13-15-49)33(51)5-2/h5-11,16-19,21H,2,4,12-15,20,42H2,1,3H3,(H,45,50)(H,47,52). The molecule has 4 aromatic rings. The Morgan fingerprint density at radius 3 is 2.39 bits per heavy atom. The van der Waals surface area contributed by atoms with E-state index < -0.39 is 23.4 Å². The van der Waals surface area contributed by atoms with Crippen molar-refractivity contribution in [1.82, 2.24) is 14.9 Å². The van der Waals surface area contributed by atoms with Gasteiger partial charge in [-0.05, 0) is 60.7 Å². The van der Waals surface area contributed by atoms with Gasteiger partial charge in [0.15, 0.2) is 5.71 Å². The van der Waals surface area contributed by atoms with Gasteiger partial charge in [-0.2, -0.15) is 13.2 Å².